The molecule has 1 aromatic carbocycles. The summed E-state index contributed by atoms with van der Waals surface area (Å²) in [4.78, 5) is 17.7. The topological polar surface area (TPSA) is 71.3 Å². The summed E-state index contributed by atoms with van der Waals surface area (Å²) in [5.41, 5.74) is 4.38. The number of hydrazine groups is 1. The van der Waals surface area contributed by atoms with Crippen molar-refractivity contribution in [3.8, 4) is 0 Å². The molecule has 2 aromatic rings. The Hall–Kier alpha value is -2.20. The maximum absolute atomic E-state index is 13.3. The van der Waals surface area contributed by atoms with Gasteiger partial charge in [0, 0.05) is 17.5 Å². The van der Waals surface area contributed by atoms with Gasteiger partial charge in [-0.2, -0.15) is 23.3 Å². The van der Waals surface area contributed by atoms with E-state index in [1.807, 2.05) is 48.5 Å². The molecule has 0 unspecified atom stereocenters. The molecule has 2 rings (SSSR count). The Morgan fingerprint density at radius 2 is 1.81 bits per heavy atom. The highest BCUT2D eigenvalue weighted by Gasteiger charge is 2.32. The van der Waals surface area contributed by atoms with Crippen LogP contribution in [-0.4, -0.2) is 21.2 Å². The summed E-state index contributed by atoms with van der Waals surface area (Å²) < 4.78 is 41.6. The molecule has 0 radical (unpaired) electrons. The van der Waals surface area contributed by atoms with Crippen LogP contribution < -0.4 is 15.7 Å². The van der Waals surface area contributed by atoms with E-state index in [1.54, 1.807) is 4.68 Å². The maximum Gasteiger partial charge on any atom is 0.416 e. The molecular weight excluding hydrogens is 439 g/mol. The van der Waals surface area contributed by atoms with Crippen LogP contribution in [0.2, 0.25) is 0 Å². The van der Waals surface area contributed by atoms with Gasteiger partial charge in [-0.15, -0.1) is 0 Å². The van der Waals surface area contributed by atoms with Crippen molar-refractivity contribution in [1.82, 2.24) is 15.2 Å². The summed E-state index contributed by atoms with van der Waals surface area (Å²) in [6, 6.07) is 3.01. The second kappa shape index (κ2) is 9.74. The van der Waals surface area contributed by atoms with E-state index in [0.29, 0.717) is 11.3 Å². The molecule has 0 saturated carbocycles. The van der Waals surface area contributed by atoms with Crippen molar-refractivity contribution in [3.05, 3.63) is 39.1 Å². The number of aromatic nitrogens is 2. The van der Waals surface area contributed by atoms with Crippen LogP contribution in [0.3, 0.4) is 0 Å². The quantitative estimate of drug-likeness (QED) is 0.545. The van der Waals surface area contributed by atoms with Gasteiger partial charge in [0.05, 0.1) is 16.8 Å². The number of unbranched alkanes of at least 4 members (excludes halogenated alkanes) is 1. The van der Waals surface area contributed by atoms with Crippen molar-refractivity contribution in [2.24, 2.45) is 4.99 Å². The second-order valence-electron chi connectivity index (χ2n) is 9.69. The number of hydrogen-bond acceptors (Lipinski definition) is 5. The minimum Gasteiger partial charge on any atom is -0.320 e. The van der Waals surface area contributed by atoms with Crippen molar-refractivity contribution in [2.75, 3.05) is 5.43 Å². The van der Waals surface area contributed by atoms with Gasteiger partial charge >= 0.3 is 6.18 Å². The van der Waals surface area contributed by atoms with Crippen LogP contribution in [0.5, 0.6) is 0 Å². The average molecular weight is 472 g/mol. The molecule has 0 aliphatic carbocycles. The predicted octanol–water partition coefficient (Wildman–Crippen LogP) is 5.52. The number of amides is 1. The van der Waals surface area contributed by atoms with Crippen molar-refractivity contribution >= 4 is 22.9 Å². The summed E-state index contributed by atoms with van der Waals surface area (Å²) in [6.07, 6.45) is -2.79. The fourth-order valence-electron chi connectivity index (χ4n) is 2.56. The lowest BCUT2D eigenvalue weighted by Crippen LogP contribution is -2.40. The Kier molecular flexibility index (Phi) is 7.93. The zero-order valence-electron chi connectivity index (χ0n) is 19.6. The Labute approximate surface area is 190 Å². The first-order chi connectivity index (χ1) is 14.6. The maximum atomic E-state index is 13.3. The molecule has 6 nitrogen and oxygen atoms in total. The van der Waals surface area contributed by atoms with Gasteiger partial charge in [-0.3, -0.25) is 4.79 Å². The van der Waals surface area contributed by atoms with Gasteiger partial charge < -0.3 is 5.43 Å². The molecule has 0 spiro atoms. The number of carbonyl (C=O) groups excluding carboxylic acids is 1. The van der Waals surface area contributed by atoms with Crippen LogP contribution in [0.25, 0.3) is 0 Å². The largest absolute Gasteiger partial charge is 0.416 e. The van der Waals surface area contributed by atoms with Gasteiger partial charge in [-0.25, -0.2) is 10.1 Å². The zero-order valence-corrected chi connectivity index (χ0v) is 20.5. The highest BCUT2D eigenvalue weighted by molar-refractivity contribution is 7.09. The number of nitrogens with zero attached hydrogens (tertiary/aromatic N) is 3. The molecule has 0 bridgehead atoms. The van der Waals surface area contributed by atoms with Gasteiger partial charge in [0.2, 0.25) is 4.80 Å². The number of rotatable bonds is 6. The molecule has 1 aromatic heterocycles. The van der Waals surface area contributed by atoms with Gasteiger partial charge in [0.15, 0.2) is 0 Å². The van der Waals surface area contributed by atoms with Crippen LogP contribution >= 0.6 is 11.3 Å². The second-order valence-corrected chi connectivity index (χ2v) is 10.6. The van der Waals surface area contributed by atoms with Crippen molar-refractivity contribution < 1.29 is 18.0 Å². The molecule has 0 aliphatic rings. The molecule has 2 N–H and O–H groups in total. The smallest absolute Gasteiger partial charge is 0.320 e. The van der Waals surface area contributed by atoms with E-state index in [1.165, 1.54) is 17.4 Å². The average Bonchev–Trinajstić information content (AvgIpc) is 3.06. The first-order valence-electron chi connectivity index (χ1n) is 10.5. The molecule has 0 aliphatic heterocycles. The van der Waals surface area contributed by atoms with E-state index in [9.17, 15) is 18.0 Å². The number of hydrogen-bond donors (Lipinski definition) is 2. The highest BCUT2D eigenvalue weighted by Crippen LogP contribution is 2.32. The van der Waals surface area contributed by atoms with Crippen LogP contribution in [0.1, 0.15) is 82.2 Å². The highest BCUT2D eigenvalue weighted by atomic mass is 32.1. The number of anilines is 1. The summed E-state index contributed by atoms with van der Waals surface area (Å²) in [6.45, 7) is 14.3. The molecule has 32 heavy (non-hydrogen) atoms. The molecule has 0 atom stereocenters. The normalized spacial score (nSPS) is 13.5. The fourth-order valence-corrected chi connectivity index (χ4v) is 3.54. The Balaban J connectivity index is 2.57. The van der Waals surface area contributed by atoms with Gasteiger partial charge in [0.1, 0.15) is 5.01 Å². The lowest BCUT2D eigenvalue weighted by atomic mass is 9.98. The minimum atomic E-state index is -4.57. The molecule has 0 fully saturated rings. The van der Waals surface area contributed by atoms with E-state index in [4.69, 9.17) is 0 Å². The van der Waals surface area contributed by atoms with Crippen LogP contribution in [-0.2, 0) is 18.1 Å². The summed E-state index contributed by atoms with van der Waals surface area (Å²) in [5, 5.41) is 5.40. The van der Waals surface area contributed by atoms with Gasteiger partial charge in [0.25, 0.3) is 5.91 Å². The van der Waals surface area contributed by atoms with Crippen molar-refractivity contribution in [2.45, 2.75) is 85.0 Å². The number of aryl methyl sites for hydroxylation is 1. The number of alkyl halides is 3. The van der Waals surface area contributed by atoms with E-state index in [2.05, 4.69) is 20.9 Å². The molecule has 0 saturated heterocycles. The number of carbonyl (C=O) groups is 1. The predicted molar refractivity (Wildman–Crippen MR) is 122 cm³/mol. The Morgan fingerprint density at radius 1 is 1.16 bits per heavy atom. The van der Waals surface area contributed by atoms with Crippen LogP contribution in [0.15, 0.2) is 23.2 Å². The van der Waals surface area contributed by atoms with Crippen LogP contribution in [0.4, 0.5) is 18.9 Å². The SMILES string of the molecule is CCCCn1nc(C(C)(C)C)s/c1=N\C(=O)c1cc(C(F)(F)F)ccc1NNC(C)(C)C. The number of benzene rings is 1. The first kappa shape index (κ1) is 26.1. The third kappa shape index (κ3) is 7.16. The standard InChI is InChI=1S/C22H32F3N5OS/c1-8-9-12-30-19(32-18(28-30)20(2,3)4)26-17(31)15-13-14(22(23,24)25)10-11-16(15)27-29-21(5,6)7/h10-11,13,27,29H,8-9,12H2,1-7H3/b26-19-. The summed E-state index contributed by atoms with van der Waals surface area (Å²) in [7, 11) is 0. The van der Waals surface area contributed by atoms with Crippen LogP contribution in [0, 0.1) is 0 Å². The molecular formula is C22H32F3N5OS. The number of nitrogens with one attached hydrogen (secondary N) is 2. The summed E-state index contributed by atoms with van der Waals surface area (Å²) >= 11 is 1.28. The lowest BCUT2D eigenvalue weighted by molar-refractivity contribution is -0.137. The van der Waals surface area contributed by atoms with E-state index in [0.717, 1.165) is 30.0 Å². The molecule has 1 heterocycles. The minimum absolute atomic E-state index is 0.163. The third-order valence-corrected chi connectivity index (χ3v) is 5.70. The Bertz CT molecular complexity index is 1010. The molecule has 178 valence electrons. The van der Waals surface area contributed by atoms with E-state index in [-0.39, 0.29) is 22.2 Å². The van der Waals surface area contributed by atoms with Crippen molar-refractivity contribution in [3.63, 3.8) is 0 Å². The fraction of sp³-hybridized carbons (Fsp3) is 0.591. The Morgan fingerprint density at radius 3 is 2.34 bits per heavy atom. The molecule has 10 heteroatoms. The molecule has 1 amide bonds. The van der Waals surface area contributed by atoms with E-state index < -0.39 is 17.6 Å². The number of halogens is 3. The monoisotopic (exact) mass is 471 g/mol. The lowest BCUT2D eigenvalue weighted by Gasteiger charge is -2.23. The van der Waals surface area contributed by atoms with Gasteiger partial charge in [-0.1, -0.05) is 45.5 Å². The van der Waals surface area contributed by atoms with E-state index >= 15 is 0 Å². The summed E-state index contributed by atoms with van der Waals surface area (Å²) in [5.74, 6) is -0.760. The van der Waals surface area contributed by atoms with Crippen molar-refractivity contribution in [1.29, 1.82) is 0 Å². The third-order valence-electron chi connectivity index (χ3n) is 4.33. The zero-order chi connectivity index (χ0) is 24.3. The first-order valence-corrected chi connectivity index (χ1v) is 11.4. The van der Waals surface area contributed by atoms with Gasteiger partial charge in [-0.05, 0) is 45.4 Å².